The van der Waals surface area contributed by atoms with E-state index in [1.807, 2.05) is 23.4 Å². The molecule has 0 saturated carbocycles. The van der Waals surface area contributed by atoms with Crippen molar-refractivity contribution in [2.45, 2.75) is 46.2 Å². The third-order valence-corrected chi connectivity index (χ3v) is 6.41. The van der Waals surface area contributed by atoms with Crippen molar-refractivity contribution < 1.29 is 9.53 Å². The fourth-order valence-corrected chi connectivity index (χ4v) is 4.89. The van der Waals surface area contributed by atoms with Gasteiger partial charge in [0.05, 0.1) is 18.0 Å². The summed E-state index contributed by atoms with van der Waals surface area (Å²) < 4.78 is 7.18. The molecule has 7 heteroatoms. The standard InChI is InChI=1S/C24H35N5O2/c1-4-31-24(30)28-13-11-27(12-14-28)23-9-6-10-26(18-23)17-21-7-5-8-22(16-21)29-20(3)15-19(2)25-29/h5,7-8,15-16,23H,4,6,9-14,17-18H2,1-3H3. The van der Waals surface area contributed by atoms with Crippen LogP contribution in [0.2, 0.25) is 0 Å². The topological polar surface area (TPSA) is 53.8 Å². The Kier molecular flexibility index (Phi) is 6.92. The Labute approximate surface area is 185 Å². The quantitative estimate of drug-likeness (QED) is 0.736. The lowest BCUT2D eigenvalue weighted by Crippen LogP contribution is -2.55. The number of aryl methyl sites for hydroxylation is 2. The van der Waals surface area contributed by atoms with E-state index in [4.69, 9.17) is 4.74 Å². The number of aromatic nitrogens is 2. The molecule has 0 spiro atoms. The maximum atomic E-state index is 12.0. The van der Waals surface area contributed by atoms with Crippen LogP contribution in [0.25, 0.3) is 5.69 Å². The van der Waals surface area contributed by atoms with Crippen LogP contribution in [0.4, 0.5) is 4.79 Å². The van der Waals surface area contributed by atoms with E-state index in [1.165, 1.54) is 18.4 Å². The number of hydrogen-bond donors (Lipinski definition) is 0. The second kappa shape index (κ2) is 9.83. The first-order chi connectivity index (χ1) is 15.0. The Hall–Kier alpha value is -2.38. The summed E-state index contributed by atoms with van der Waals surface area (Å²) in [6, 6.07) is 11.4. The zero-order chi connectivity index (χ0) is 21.8. The van der Waals surface area contributed by atoms with E-state index in [9.17, 15) is 4.79 Å². The van der Waals surface area contributed by atoms with Crippen molar-refractivity contribution in [2.24, 2.45) is 0 Å². The highest BCUT2D eigenvalue weighted by atomic mass is 16.6. The van der Waals surface area contributed by atoms with E-state index < -0.39 is 0 Å². The van der Waals surface area contributed by atoms with Gasteiger partial charge in [0, 0.05) is 51.0 Å². The highest BCUT2D eigenvalue weighted by Gasteiger charge is 2.29. The number of carbonyl (C=O) groups is 1. The van der Waals surface area contributed by atoms with E-state index in [0.717, 1.165) is 62.9 Å². The van der Waals surface area contributed by atoms with Crippen LogP contribution in [0, 0.1) is 13.8 Å². The molecule has 1 atom stereocenters. The summed E-state index contributed by atoms with van der Waals surface area (Å²) in [5.41, 5.74) is 4.67. The minimum Gasteiger partial charge on any atom is -0.450 e. The summed E-state index contributed by atoms with van der Waals surface area (Å²) in [4.78, 5) is 18.9. The molecule has 2 aliphatic heterocycles. The Balaban J connectivity index is 1.34. The minimum absolute atomic E-state index is 0.171. The number of benzene rings is 1. The number of hydrogen-bond acceptors (Lipinski definition) is 5. The van der Waals surface area contributed by atoms with E-state index in [2.05, 4.69) is 52.2 Å². The summed E-state index contributed by atoms with van der Waals surface area (Å²) >= 11 is 0. The normalized spacial score (nSPS) is 20.7. The van der Waals surface area contributed by atoms with Gasteiger partial charge in [0.15, 0.2) is 0 Å². The number of piperazine rings is 1. The lowest BCUT2D eigenvalue weighted by Gasteiger charge is -2.43. The van der Waals surface area contributed by atoms with Gasteiger partial charge < -0.3 is 9.64 Å². The molecular formula is C24H35N5O2. The molecule has 3 heterocycles. The summed E-state index contributed by atoms with van der Waals surface area (Å²) in [7, 11) is 0. The number of carbonyl (C=O) groups excluding carboxylic acids is 1. The highest BCUT2D eigenvalue weighted by molar-refractivity contribution is 5.67. The molecule has 2 saturated heterocycles. The van der Waals surface area contributed by atoms with Crippen LogP contribution < -0.4 is 0 Å². The predicted octanol–water partition coefficient (Wildman–Crippen LogP) is 3.23. The number of piperidine rings is 1. The van der Waals surface area contributed by atoms with E-state index in [1.54, 1.807) is 0 Å². The van der Waals surface area contributed by atoms with Crippen LogP contribution in [0.3, 0.4) is 0 Å². The van der Waals surface area contributed by atoms with Gasteiger partial charge in [0.25, 0.3) is 0 Å². The zero-order valence-corrected chi connectivity index (χ0v) is 19.1. The summed E-state index contributed by atoms with van der Waals surface area (Å²) in [5, 5.41) is 4.63. The third kappa shape index (κ3) is 5.28. The molecule has 0 radical (unpaired) electrons. The van der Waals surface area contributed by atoms with Gasteiger partial charge in [-0.2, -0.15) is 5.10 Å². The van der Waals surface area contributed by atoms with Gasteiger partial charge in [0.2, 0.25) is 0 Å². The molecule has 1 unspecified atom stereocenters. The van der Waals surface area contributed by atoms with Gasteiger partial charge in [-0.15, -0.1) is 0 Å². The average molecular weight is 426 g/mol. The number of nitrogens with zero attached hydrogens (tertiary/aromatic N) is 5. The van der Waals surface area contributed by atoms with E-state index >= 15 is 0 Å². The Morgan fingerprint density at radius 2 is 1.94 bits per heavy atom. The Bertz CT molecular complexity index is 888. The zero-order valence-electron chi connectivity index (χ0n) is 19.1. The van der Waals surface area contributed by atoms with E-state index in [0.29, 0.717) is 12.6 Å². The molecule has 7 nitrogen and oxygen atoms in total. The van der Waals surface area contributed by atoms with Crippen LogP contribution in [0.1, 0.15) is 36.7 Å². The lowest BCUT2D eigenvalue weighted by molar-refractivity contribution is 0.0412. The molecule has 0 aliphatic carbocycles. The molecule has 0 bridgehead atoms. The second-order valence-electron chi connectivity index (χ2n) is 8.76. The summed E-state index contributed by atoms with van der Waals surface area (Å²) in [5.74, 6) is 0. The van der Waals surface area contributed by atoms with Crippen molar-refractivity contribution in [1.82, 2.24) is 24.5 Å². The first-order valence-corrected chi connectivity index (χ1v) is 11.5. The summed E-state index contributed by atoms with van der Waals surface area (Å²) in [6.07, 6.45) is 2.29. The molecule has 168 valence electrons. The van der Waals surface area contributed by atoms with Gasteiger partial charge in [-0.1, -0.05) is 12.1 Å². The maximum absolute atomic E-state index is 12.0. The van der Waals surface area contributed by atoms with Crippen molar-refractivity contribution in [3.63, 3.8) is 0 Å². The SMILES string of the molecule is CCOC(=O)N1CCN(C2CCCN(Cc3cccc(-n4nc(C)cc4C)c3)C2)CC1. The van der Waals surface area contributed by atoms with Crippen molar-refractivity contribution >= 4 is 6.09 Å². The summed E-state index contributed by atoms with van der Waals surface area (Å²) in [6.45, 7) is 13.0. The van der Waals surface area contributed by atoms with Crippen LogP contribution in [0.15, 0.2) is 30.3 Å². The molecule has 31 heavy (non-hydrogen) atoms. The van der Waals surface area contributed by atoms with Crippen LogP contribution in [-0.2, 0) is 11.3 Å². The minimum atomic E-state index is -0.171. The lowest BCUT2D eigenvalue weighted by atomic mass is 10.0. The van der Waals surface area contributed by atoms with Gasteiger partial charge >= 0.3 is 6.09 Å². The number of ether oxygens (including phenoxy) is 1. The number of rotatable bonds is 5. The number of likely N-dealkylation sites (tertiary alicyclic amines) is 1. The smallest absolute Gasteiger partial charge is 0.409 e. The van der Waals surface area contributed by atoms with Gasteiger partial charge in [-0.05, 0) is 63.9 Å². The highest BCUT2D eigenvalue weighted by Crippen LogP contribution is 2.21. The molecule has 1 aromatic carbocycles. The monoisotopic (exact) mass is 425 g/mol. The van der Waals surface area contributed by atoms with Gasteiger partial charge in [-0.25, -0.2) is 9.48 Å². The first-order valence-electron chi connectivity index (χ1n) is 11.5. The van der Waals surface area contributed by atoms with Gasteiger partial charge in [-0.3, -0.25) is 9.80 Å². The maximum Gasteiger partial charge on any atom is 0.409 e. The molecule has 1 aromatic heterocycles. The van der Waals surface area contributed by atoms with Crippen molar-refractivity contribution in [3.05, 3.63) is 47.3 Å². The molecule has 1 amide bonds. The Morgan fingerprint density at radius 3 is 2.65 bits per heavy atom. The van der Waals surface area contributed by atoms with Crippen LogP contribution in [-0.4, -0.2) is 82.5 Å². The number of amides is 1. The predicted molar refractivity (Wildman–Crippen MR) is 122 cm³/mol. The fraction of sp³-hybridized carbons (Fsp3) is 0.583. The molecule has 2 aromatic rings. The molecule has 4 rings (SSSR count). The largest absolute Gasteiger partial charge is 0.450 e. The fourth-order valence-electron chi connectivity index (χ4n) is 4.89. The molecule has 0 N–H and O–H groups in total. The van der Waals surface area contributed by atoms with Crippen molar-refractivity contribution in [1.29, 1.82) is 0 Å². The third-order valence-electron chi connectivity index (χ3n) is 6.41. The Morgan fingerprint density at radius 1 is 1.13 bits per heavy atom. The first kappa shape index (κ1) is 21.8. The molecule has 2 fully saturated rings. The molecular weight excluding hydrogens is 390 g/mol. The van der Waals surface area contributed by atoms with Crippen LogP contribution in [0.5, 0.6) is 0 Å². The van der Waals surface area contributed by atoms with Gasteiger partial charge in [0.1, 0.15) is 0 Å². The van der Waals surface area contributed by atoms with Crippen molar-refractivity contribution in [3.8, 4) is 5.69 Å². The second-order valence-corrected chi connectivity index (χ2v) is 8.76. The van der Waals surface area contributed by atoms with Crippen molar-refractivity contribution in [2.75, 3.05) is 45.9 Å². The molecule has 2 aliphatic rings. The average Bonchev–Trinajstić information content (AvgIpc) is 3.12. The van der Waals surface area contributed by atoms with Crippen LogP contribution >= 0.6 is 0 Å². The van der Waals surface area contributed by atoms with E-state index in [-0.39, 0.29) is 6.09 Å².